The van der Waals surface area contributed by atoms with E-state index >= 15 is 0 Å². The normalized spacial score (nSPS) is 11.5. The number of rotatable bonds is 2. The van der Waals surface area contributed by atoms with Crippen LogP contribution in [0.2, 0.25) is 0 Å². The highest BCUT2D eigenvalue weighted by Crippen LogP contribution is 2.20. The summed E-state index contributed by atoms with van der Waals surface area (Å²) in [6.07, 6.45) is -1.16. The first-order chi connectivity index (χ1) is 6.38. The van der Waals surface area contributed by atoms with Crippen molar-refractivity contribution in [1.82, 2.24) is 4.98 Å². The SMILES string of the molecule is Cc1cncc(N(C)CC(F)(F)F)c1. The first-order valence-electron chi connectivity index (χ1n) is 4.08. The van der Waals surface area contributed by atoms with Crippen LogP contribution in [-0.4, -0.2) is 24.8 Å². The summed E-state index contributed by atoms with van der Waals surface area (Å²) in [4.78, 5) is 4.95. The van der Waals surface area contributed by atoms with Crippen molar-refractivity contribution in [2.75, 3.05) is 18.5 Å². The van der Waals surface area contributed by atoms with Gasteiger partial charge in [-0.15, -0.1) is 0 Å². The van der Waals surface area contributed by atoms with Crippen molar-refractivity contribution in [3.63, 3.8) is 0 Å². The van der Waals surface area contributed by atoms with Gasteiger partial charge in [0.15, 0.2) is 0 Å². The van der Waals surface area contributed by atoms with Crippen LogP contribution < -0.4 is 4.90 Å². The summed E-state index contributed by atoms with van der Waals surface area (Å²) in [6.45, 7) is 0.829. The van der Waals surface area contributed by atoms with E-state index in [0.29, 0.717) is 5.69 Å². The maximum absolute atomic E-state index is 12.0. The number of halogens is 3. The second-order valence-corrected chi connectivity index (χ2v) is 3.19. The van der Waals surface area contributed by atoms with Gasteiger partial charge in [-0.2, -0.15) is 13.2 Å². The Bertz CT molecular complexity index is 309. The maximum Gasteiger partial charge on any atom is 0.405 e. The molecule has 0 aliphatic rings. The summed E-state index contributed by atoms with van der Waals surface area (Å²) in [7, 11) is 1.39. The summed E-state index contributed by atoms with van der Waals surface area (Å²) < 4.78 is 36.1. The van der Waals surface area contributed by atoms with Crippen molar-refractivity contribution in [3.05, 3.63) is 24.0 Å². The standard InChI is InChI=1S/C9H11F3N2/c1-7-3-8(5-13-4-7)14(2)6-9(10,11)12/h3-5H,6H2,1-2H3. The molecule has 0 atom stereocenters. The fourth-order valence-corrected chi connectivity index (χ4v) is 1.11. The van der Waals surface area contributed by atoms with Gasteiger partial charge in [0.25, 0.3) is 0 Å². The molecular formula is C9H11F3N2. The molecule has 0 N–H and O–H groups in total. The van der Waals surface area contributed by atoms with Crippen LogP contribution in [-0.2, 0) is 0 Å². The van der Waals surface area contributed by atoms with Gasteiger partial charge < -0.3 is 4.90 Å². The molecule has 0 unspecified atom stereocenters. The lowest BCUT2D eigenvalue weighted by atomic mass is 10.3. The van der Waals surface area contributed by atoms with Crippen LogP contribution in [0.4, 0.5) is 18.9 Å². The summed E-state index contributed by atoms with van der Waals surface area (Å²) in [5, 5.41) is 0. The highest BCUT2D eigenvalue weighted by Gasteiger charge is 2.29. The molecule has 0 aliphatic heterocycles. The number of anilines is 1. The summed E-state index contributed by atoms with van der Waals surface area (Å²) >= 11 is 0. The Morgan fingerprint density at radius 2 is 2.00 bits per heavy atom. The molecule has 0 aliphatic carbocycles. The summed E-state index contributed by atoms with van der Waals surface area (Å²) in [6, 6.07) is 1.67. The average molecular weight is 204 g/mol. The van der Waals surface area contributed by atoms with Crippen molar-refractivity contribution in [2.24, 2.45) is 0 Å². The minimum atomic E-state index is -4.18. The Labute approximate surface area is 80.4 Å². The molecule has 0 spiro atoms. The molecule has 1 aromatic heterocycles. The molecule has 0 amide bonds. The van der Waals surface area contributed by atoms with Gasteiger partial charge >= 0.3 is 6.18 Å². The van der Waals surface area contributed by atoms with Crippen LogP contribution in [0.25, 0.3) is 0 Å². The minimum Gasteiger partial charge on any atom is -0.364 e. The number of hydrogen-bond donors (Lipinski definition) is 0. The molecule has 5 heteroatoms. The molecule has 0 saturated carbocycles. The van der Waals surface area contributed by atoms with Gasteiger partial charge in [-0.05, 0) is 18.6 Å². The predicted molar refractivity (Wildman–Crippen MR) is 48.3 cm³/mol. The smallest absolute Gasteiger partial charge is 0.364 e. The van der Waals surface area contributed by atoms with Gasteiger partial charge in [0.1, 0.15) is 6.54 Å². The number of aromatic nitrogens is 1. The third kappa shape index (κ3) is 3.24. The molecule has 1 heterocycles. The monoisotopic (exact) mass is 204 g/mol. The lowest BCUT2D eigenvalue weighted by Gasteiger charge is -2.20. The Balaban J connectivity index is 2.74. The average Bonchev–Trinajstić information content (AvgIpc) is 2.01. The summed E-state index contributed by atoms with van der Waals surface area (Å²) in [5.74, 6) is 0. The fraction of sp³-hybridized carbons (Fsp3) is 0.444. The van der Waals surface area contributed by atoms with E-state index in [1.165, 1.54) is 13.2 Å². The number of hydrogen-bond acceptors (Lipinski definition) is 2. The molecule has 14 heavy (non-hydrogen) atoms. The van der Waals surface area contributed by atoms with Gasteiger partial charge in [-0.1, -0.05) is 0 Å². The number of alkyl halides is 3. The van der Waals surface area contributed by atoms with Crippen LogP contribution in [0.5, 0.6) is 0 Å². The zero-order valence-corrected chi connectivity index (χ0v) is 7.97. The third-order valence-corrected chi connectivity index (χ3v) is 1.72. The van der Waals surface area contributed by atoms with Crippen LogP contribution in [0.1, 0.15) is 5.56 Å². The first-order valence-corrected chi connectivity index (χ1v) is 4.08. The summed E-state index contributed by atoms with van der Waals surface area (Å²) in [5.41, 5.74) is 1.32. The Kier molecular flexibility index (Phi) is 2.98. The third-order valence-electron chi connectivity index (χ3n) is 1.72. The van der Waals surface area contributed by atoms with E-state index in [2.05, 4.69) is 4.98 Å². The molecule has 0 radical (unpaired) electrons. The van der Waals surface area contributed by atoms with E-state index in [-0.39, 0.29) is 0 Å². The molecule has 1 rings (SSSR count). The van der Waals surface area contributed by atoms with Crippen molar-refractivity contribution in [1.29, 1.82) is 0 Å². The number of pyridine rings is 1. The van der Waals surface area contributed by atoms with E-state index in [1.54, 1.807) is 19.2 Å². The molecule has 0 fully saturated rings. The first kappa shape index (κ1) is 10.8. The van der Waals surface area contributed by atoms with Gasteiger partial charge in [-0.25, -0.2) is 0 Å². The molecule has 0 saturated heterocycles. The van der Waals surface area contributed by atoms with Crippen molar-refractivity contribution in [2.45, 2.75) is 13.1 Å². The quantitative estimate of drug-likeness (QED) is 0.735. The Morgan fingerprint density at radius 3 is 2.50 bits per heavy atom. The number of aryl methyl sites for hydroxylation is 1. The zero-order valence-electron chi connectivity index (χ0n) is 7.97. The van der Waals surface area contributed by atoms with E-state index in [0.717, 1.165) is 10.5 Å². The molecule has 1 aromatic rings. The van der Waals surface area contributed by atoms with Crippen LogP contribution in [0.15, 0.2) is 18.5 Å². The second kappa shape index (κ2) is 3.86. The van der Waals surface area contributed by atoms with Gasteiger partial charge in [0, 0.05) is 13.2 Å². The lowest BCUT2D eigenvalue weighted by Crippen LogP contribution is -2.30. The van der Waals surface area contributed by atoms with E-state index < -0.39 is 12.7 Å². The van der Waals surface area contributed by atoms with Gasteiger partial charge in [0.2, 0.25) is 0 Å². The minimum absolute atomic E-state index is 0.474. The van der Waals surface area contributed by atoms with Gasteiger partial charge in [0.05, 0.1) is 11.9 Å². The zero-order chi connectivity index (χ0) is 10.8. The number of nitrogens with zero attached hydrogens (tertiary/aromatic N) is 2. The van der Waals surface area contributed by atoms with Crippen LogP contribution in [0, 0.1) is 6.92 Å². The van der Waals surface area contributed by atoms with Crippen LogP contribution in [0.3, 0.4) is 0 Å². The van der Waals surface area contributed by atoms with Crippen LogP contribution >= 0.6 is 0 Å². The van der Waals surface area contributed by atoms with E-state index in [4.69, 9.17) is 0 Å². The maximum atomic E-state index is 12.0. The molecule has 0 bridgehead atoms. The molecule has 0 aromatic carbocycles. The second-order valence-electron chi connectivity index (χ2n) is 3.19. The van der Waals surface area contributed by atoms with Crippen molar-refractivity contribution < 1.29 is 13.2 Å². The molecular weight excluding hydrogens is 193 g/mol. The topological polar surface area (TPSA) is 16.1 Å². The fourth-order valence-electron chi connectivity index (χ4n) is 1.11. The van der Waals surface area contributed by atoms with Crippen molar-refractivity contribution >= 4 is 5.69 Å². The van der Waals surface area contributed by atoms with Crippen molar-refractivity contribution in [3.8, 4) is 0 Å². The largest absolute Gasteiger partial charge is 0.405 e. The molecule has 2 nitrogen and oxygen atoms in total. The Hall–Kier alpha value is -1.26. The van der Waals surface area contributed by atoms with E-state index in [1.807, 2.05) is 0 Å². The van der Waals surface area contributed by atoms with Gasteiger partial charge in [-0.3, -0.25) is 4.98 Å². The highest BCUT2D eigenvalue weighted by molar-refractivity contribution is 5.45. The highest BCUT2D eigenvalue weighted by atomic mass is 19.4. The predicted octanol–water partition coefficient (Wildman–Crippen LogP) is 2.39. The Morgan fingerprint density at radius 1 is 1.36 bits per heavy atom. The van der Waals surface area contributed by atoms with E-state index in [9.17, 15) is 13.2 Å². The lowest BCUT2D eigenvalue weighted by molar-refractivity contribution is -0.119. The molecule has 78 valence electrons.